The highest BCUT2D eigenvalue weighted by Crippen LogP contribution is 2.34. The number of nitrogens with zero attached hydrogens (tertiary/aromatic N) is 4. The largest absolute Gasteiger partial charge is 0.463 e. The maximum absolute atomic E-state index is 14.0. The molecule has 0 N–H and O–H groups in total. The lowest BCUT2D eigenvalue weighted by Crippen LogP contribution is -2.39. The second-order valence-electron chi connectivity index (χ2n) is 9.81. The van der Waals surface area contributed by atoms with Gasteiger partial charge < -0.3 is 9.30 Å². The Balaban J connectivity index is 1.70. The molecule has 0 saturated carbocycles. The molecule has 5 rings (SSSR count). The molecule has 1 aromatic carbocycles. The Morgan fingerprint density at radius 2 is 1.88 bits per heavy atom. The highest BCUT2D eigenvalue weighted by Gasteiger charge is 2.33. The van der Waals surface area contributed by atoms with Crippen molar-refractivity contribution in [1.29, 1.82) is 5.26 Å². The van der Waals surface area contributed by atoms with E-state index in [9.17, 15) is 14.9 Å². The van der Waals surface area contributed by atoms with Crippen LogP contribution in [0.15, 0.2) is 56.3 Å². The standard InChI is InChI=1S/C31H30N4O3S3/c1-8-38-30(37)26-18(4)33-31-35(27(26)21-9-11-23(39-7)12-10-21)28(36)25(41-31)14-22-13-16(2)34(19(22)5)29-24(15-32)17(3)20(6)40-29/h9-14,27H,8H2,1-7H3/b25-14+/t27-/m1/s1. The lowest BCUT2D eigenvalue weighted by molar-refractivity contribution is -0.139. The molecule has 1 aliphatic rings. The molecular formula is C31H30N4O3S3. The molecule has 0 radical (unpaired) electrons. The smallest absolute Gasteiger partial charge is 0.338 e. The topological polar surface area (TPSA) is 89.4 Å². The normalized spacial score (nSPS) is 15.1. The van der Waals surface area contributed by atoms with Crippen LogP contribution in [0.2, 0.25) is 0 Å². The second kappa shape index (κ2) is 11.3. The number of carbonyl (C=O) groups excluding carboxylic acids is 1. The first kappa shape index (κ1) is 28.9. The zero-order chi connectivity index (χ0) is 29.6. The van der Waals surface area contributed by atoms with Gasteiger partial charge in [-0.1, -0.05) is 23.5 Å². The van der Waals surface area contributed by atoms with Crippen LogP contribution in [-0.2, 0) is 9.53 Å². The molecule has 41 heavy (non-hydrogen) atoms. The summed E-state index contributed by atoms with van der Waals surface area (Å²) in [5.41, 5.74) is 6.00. The van der Waals surface area contributed by atoms with Crippen LogP contribution < -0.4 is 14.9 Å². The zero-order valence-electron chi connectivity index (χ0n) is 24.0. The Hall–Kier alpha value is -3.65. The van der Waals surface area contributed by atoms with E-state index in [1.54, 1.807) is 41.5 Å². The van der Waals surface area contributed by atoms with Crippen LogP contribution in [-0.4, -0.2) is 28.0 Å². The maximum atomic E-state index is 14.0. The van der Waals surface area contributed by atoms with Gasteiger partial charge in [0.1, 0.15) is 11.1 Å². The van der Waals surface area contributed by atoms with Crippen LogP contribution in [0.3, 0.4) is 0 Å². The van der Waals surface area contributed by atoms with E-state index in [1.165, 1.54) is 11.3 Å². The first-order valence-corrected chi connectivity index (χ1v) is 16.0. The summed E-state index contributed by atoms with van der Waals surface area (Å²) in [5.74, 6) is -0.472. The van der Waals surface area contributed by atoms with Crippen LogP contribution >= 0.6 is 34.4 Å². The minimum atomic E-state index is -0.647. The second-order valence-corrected chi connectivity index (χ2v) is 12.9. The van der Waals surface area contributed by atoms with Gasteiger partial charge in [0.25, 0.3) is 5.56 Å². The number of rotatable bonds is 6. The van der Waals surface area contributed by atoms with Crippen LogP contribution in [0, 0.1) is 39.0 Å². The Bertz CT molecular complexity index is 1950. The van der Waals surface area contributed by atoms with Gasteiger partial charge in [0.05, 0.1) is 34.0 Å². The van der Waals surface area contributed by atoms with Crippen LogP contribution in [0.5, 0.6) is 0 Å². The van der Waals surface area contributed by atoms with Gasteiger partial charge in [-0.3, -0.25) is 9.36 Å². The van der Waals surface area contributed by atoms with E-state index in [0.717, 1.165) is 42.9 Å². The summed E-state index contributed by atoms with van der Waals surface area (Å²) in [7, 11) is 0. The van der Waals surface area contributed by atoms with Gasteiger partial charge in [-0.05, 0) is 88.8 Å². The molecule has 0 fully saturated rings. The molecule has 0 amide bonds. The third kappa shape index (κ3) is 4.92. The molecule has 3 aromatic heterocycles. The molecule has 4 aromatic rings. The van der Waals surface area contributed by atoms with Crippen LogP contribution in [0.1, 0.15) is 58.4 Å². The fourth-order valence-corrected chi connectivity index (χ4v) is 7.84. The molecule has 0 saturated heterocycles. The number of thiazole rings is 1. The van der Waals surface area contributed by atoms with E-state index in [4.69, 9.17) is 4.74 Å². The minimum absolute atomic E-state index is 0.215. The van der Waals surface area contributed by atoms with E-state index in [1.807, 2.05) is 70.4 Å². The van der Waals surface area contributed by atoms with Crippen molar-refractivity contribution in [2.75, 3.05) is 12.9 Å². The first-order chi connectivity index (χ1) is 19.6. The van der Waals surface area contributed by atoms with Crippen molar-refractivity contribution in [3.63, 3.8) is 0 Å². The minimum Gasteiger partial charge on any atom is -0.463 e. The number of thiophene rings is 1. The first-order valence-electron chi connectivity index (χ1n) is 13.1. The number of esters is 1. The van der Waals surface area contributed by atoms with Crippen molar-refractivity contribution in [2.24, 2.45) is 4.99 Å². The fourth-order valence-electron chi connectivity index (χ4n) is 5.18. The number of allylic oxidation sites excluding steroid dienone is 1. The van der Waals surface area contributed by atoms with Gasteiger partial charge in [0.2, 0.25) is 0 Å². The summed E-state index contributed by atoms with van der Waals surface area (Å²) in [5, 5.41) is 10.7. The van der Waals surface area contributed by atoms with Crippen molar-refractivity contribution in [3.8, 4) is 11.1 Å². The van der Waals surface area contributed by atoms with Gasteiger partial charge >= 0.3 is 5.97 Å². The fraction of sp³-hybridized carbons (Fsp3) is 0.290. The van der Waals surface area contributed by atoms with E-state index in [2.05, 4.69) is 15.6 Å². The number of thioether (sulfide) groups is 1. The summed E-state index contributed by atoms with van der Waals surface area (Å²) in [4.78, 5) is 34.6. The van der Waals surface area contributed by atoms with E-state index in [-0.39, 0.29) is 12.2 Å². The molecule has 0 spiro atoms. The highest BCUT2D eigenvalue weighted by molar-refractivity contribution is 7.98. The molecule has 1 atom stereocenters. The average molecular weight is 603 g/mol. The number of carbonyl (C=O) groups is 1. The molecule has 0 aliphatic carbocycles. The predicted octanol–water partition coefficient (Wildman–Crippen LogP) is 5.48. The van der Waals surface area contributed by atoms with Crippen molar-refractivity contribution in [1.82, 2.24) is 9.13 Å². The van der Waals surface area contributed by atoms with Gasteiger partial charge in [-0.15, -0.1) is 23.1 Å². The Morgan fingerprint density at radius 1 is 1.17 bits per heavy atom. The lowest BCUT2D eigenvalue weighted by Gasteiger charge is -2.24. The van der Waals surface area contributed by atoms with E-state index < -0.39 is 12.0 Å². The number of ether oxygens (including phenoxy) is 1. The number of hydrogen-bond donors (Lipinski definition) is 0. The maximum Gasteiger partial charge on any atom is 0.338 e. The molecule has 4 heterocycles. The Kier molecular flexibility index (Phi) is 7.97. The lowest BCUT2D eigenvalue weighted by atomic mass is 9.96. The molecule has 10 heteroatoms. The highest BCUT2D eigenvalue weighted by atomic mass is 32.2. The summed E-state index contributed by atoms with van der Waals surface area (Å²) in [6, 6.07) is 11.6. The molecule has 7 nitrogen and oxygen atoms in total. The SMILES string of the molecule is CCOC(=O)C1=C(C)N=c2s/c(=C/c3cc(C)n(-c4sc(C)c(C)c4C#N)c3C)c(=O)n2[C@@H]1c1ccc(SC)cc1. The van der Waals surface area contributed by atoms with Crippen molar-refractivity contribution < 1.29 is 9.53 Å². The van der Waals surface area contributed by atoms with Crippen LogP contribution in [0.4, 0.5) is 0 Å². The number of hydrogen-bond acceptors (Lipinski definition) is 8. The van der Waals surface area contributed by atoms with E-state index in [0.29, 0.717) is 26.2 Å². The zero-order valence-corrected chi connectivity index (χ0v) is 26.4. The molecular weight excluding hydrogens is 573 g/mol. The third-order valence-electron chi connectivity index (χ3n) is 7.39. The number of aromatic nitrogens is 2. The third-order valence-corrected chi connectivity index (χ3v) is 10.3. The summed E-state index contributed by atoms with van der Waals surface area (Å²) in [6.07, 6.45) is 3.89. The van der Waals surface area contributed by atoms with Crippen molar-refractivity contribution in [2.45, 2.75) is 52.5 Å². The number of nitriles is 1. The van der Waals surface area contributed by atoms with Gasteiger partial charge in [-0.25, -0.2) is 9.79 Å². The number of aryl methyl sites for hydroxylation is 2. The summed E-state index contributed by atoms with van der Waals surface area (Å²) in [6.45, 7) is 11.8. The number of benzene rings is 1. The monoisotopic (exact) mass is 602 g/mol. The van der Waals surface area contributed by atoms with E-state index >= 15 is 0 Å². The predicted molar refractivity (Wildman–Crippen MR) is 166 cm³/mol. The molecule has 0 bridgehead atoms. The van der Waals surface area contributed by atoms with Crippen LogP contribution in [0.25, 0.3) is 11.1 Å². The van der Waals surface area contributed by atoms with Gasteiger partial charge in [0.15, 0.2) is 4.80 Å². The van der Waals surface area contributed by atoms with Crippen molar-refractivity contribution >= 4 is 46.5 Å². The Labute approximate surface area is 250 Å². The van der Waals surface area contributed by atoms with Gasteiger partial charge in [-0.2, -0.15) is 5.26 Å². The average Bonchev–Trinajstić information content (AvgIpc) is 3.52. The summed E-state index contributed by atoms with van der Waals surface area (Å²) >= 11 is 4.53. The molecule has 1 aliphatic heterocycles. The molecule has 210 valence electrons. The quantitative estimate of drug-likeness (QED) is 0.216. The van der Waals surface area contributed by atoms with Crippen molar-refractivity contribution in [3.05, 3.63) is 99.8 Å². The summed E-state index contributed by atoms with van der Waals surface area (Å²) < 4.78 is 9.63. The molecule has 0 unspecified atom stereocenters. The number of fused-ring (bicyclic) bond motifs is 1. The Morgan fingerprint density at radius 3 is 2.51 bits per heavy atom. The van der Waals surface area contributed by atoms with Gasteiger partial charge in [0, 0.05) is 21.2 Å².